The lowest BCUT2D eigenvalue weighted by molar-refractivity contribution is 0.364. The fourth-order valence-corrected chi connectivity index (χ4v) is 2.58. The third kappa shape index (κ3) is 3.53. The van der Waals surface area contributed by atoms with Crippen molar-refractivity contribution in [2.75, 3.05) is 6.54 Å². The monoisotopic (exact) mass is 304 g/mol. The first-order valence-corrected chi connectivity index (χ1v) is 7.73. The minimum atomic E-state index is 0.432. The van der Waals surface area contributed by atoms with Gasteiger partial charge in [0.05, 0.1) is 5.69 Å². The first-order chi connectivity index (χ1) is 10.3. The normalized spacial score (nSPS) is 11.1. The lowest BCUT2D eigenvalue weighted by Crippen LogP contribution is -2.00. The van der Waals surface area contributed by atoms with E-state index in [4.69, 9.17) is 10.3 Å². The Labute approximate surface area is 125 Å². The van der Waals surface area contributed by atoms with Gasteiger partial charge >= 0.3 is 0 Å². The van der Waals surface area contributed by atoms with Crippen molar-refractivity contribution < 1.29 is 4.52 Å². The average Bonchev–Trinajstić information content (AvgIpc) is 3.20. The zero-order valence-corrected chi connectivity index (χ0v) is 12.3. The molecule has 3 heterocycles. The molecule has 21 heavy (non-hydrogen) atoms. The van der Waals surface area contributed by atoms with E-state index in [2.05, 4.69) is 20.5 Å². The zero-order chi connectivity index (χ0) is 14.5. The Kier molecular flexibility index (Phi) is 4.37. The van der Waals surface area contributed by atoms with Crippen molar-refractivity contribution in [1.29, 1.82) is 0 Å². The maximum Gasteiger partial charge on any atom is 0.248 e. The van der Waals surface area contributed by atoms with Gasteiger partial charge < -0.3 is 10.3 Å². The molecule has 7 nitrogen and oxygen atoms in total. The summed E-state index contributed by atoms with van der Waals surface area (Å²) in [5.41, 5.74) is 7.40. The van der Waals surface area contributed by atoms with Crippen LogP contribution in [0, 0.1) is 0 Å². The molecule has 0 aliphatic carbocycles. The number of nitrogens with two attached hydrogens (primary N) is 1. The van der Waals surface area contributed by atoms with Gasteiger partial charge in [-0.25, -0.2) is 4.68 Å². The van der Waals surface area contributed by atoms with Crippen molar-refractivity contribution in [3.63, 3.8) is 0 Å². The lowest BCUT2D eigenvalue weighted by Gasteiger charge is -1.94. The summed E-state index contributed by atoms with van der Waals surface area (Å²) < 4.78 is 6.95. The molecule has 3 rings (SSSR count). The number of aromatic nitrogens is 5. The second-order valence-electron chi connectivity index (χ2n) is 4.68. The molecule has 0 unspecified atom stereocenters. The number of aryl methyl sites for hydroxylation is 1. The van der Waals surface area contributed by atoms with Crippen LogP contribution in [-0.2, 0) is 13.0 Å². The van der Waals surface area contributed by atoms with Gasteiger partial charge in [0.25, 0.3) is 0 Å². The molecule has 110 valence electrons. The second kappa shape index (κ2) is 6.59. The van der Waals surface area contributed by atoms with Crippen molar-refractivity contribution in [1.82, 2.24) is 25.1 Å². The molecule has 0 saturated carbocycles. The van der Waals surface area contributed by atoms with Gasteiger partial charge in [0, 0.05) is 17.1 Å². The SMILES string of the molecule is NCCCCc1cn(Cc2nc(-c3ccsc3)no2)nn1. The first kappa shape index (κ1) is 13.9. The van der Waals surface area contributed by atoms with E-state index in [9.17, 15) is 0 Å². The number of hydrogen-bond acceptors (Lipinski definition) is 7. The predicted octanol–water partition coefficient (Wildman–Crippen LogP) is 1.72. The van der Waals surface area contributed by atoms with Crippen LogP contribution < -0.4 is 5.73 Å². The van der Waals surface area contributed by atoms with E-state index < -0.39 is 0 Å². The van der Waals surface area contributed by atoms with E-state index in [1.54, 1.807) is 16.0 Å². The van der Waals surface area contributed by atoms with E-state index in [1.807, 2.05) is 23.0 Å². The summed E-state index contributed by atoms with van der Waals surface area (Å²) in [5, 5.41) is 16.1. The molecule has 0 amide bonds. The molecule has 0 radical (unpaired) electrons. The Hall–Kier alpha value is -2.06. The maximum absolute atomic E-state index is 5.47. The summed E-state index contributed by atoms with van der Waals surface area (Å²) in [4.78, 5) is 4.36. The molecule has 3 aromatic rings. The van der Waals surface area contributed by atoms with E-state index in [0.717, 1.165) is 30.5 Å². The van der Waals surface area contributed by atoms with Crippen LogP contribution in [0.1, 0.15) is 24.4 Å². The van der Waals surface area contributed by atoms with Crippen LogP contribution in [0.5, 0.6) is 0 Å². The average molecular weight is 304 g/mol. The fraction of sp³-hybridized carbons (Fsp3) is 0.385. The Morgan fingerprint density at radius 1 is 1.33 bits per heavy atom. The van der Waals surface area contributed by atoms with Gasteiger partial charge in [0.1, 0.15) is 6.54 Å². The second-order valence-corrected chi connectivity index (χ2v) is 5.46. The molecule has 3 aromatic heterocycles. The van der Waals surface area contributed by atoms with Crippen molar-refractivity contribution in [2.45, 2.75) is 25.8 Å². The zero-order valence-electron chi connectivity index (χ0n) is 11.5. The number of rotatable bonds is 7. The van der Waals surface area contributed by atoms with Gasteiger partial charge in [-0.05, 0) is 37.3 Å². The number of thiophene rings is 1. The first-order valence-electron chi connectivity index (χ1n) is 6.79. The molecular weight excluding hydrogens is 288 g/mol. The number of hydrogen-bond donors (Lipinski definition) is 1. The lowest BCUT2D eigenvalue weighted by atomic mass is 10.2. The smallest absolute Gasteiger partial charge is 0.248 e. The van der Waals surface area contributed by atoms with Crippen LogP contribution in [0.2, 0.25) is 0 Å². The Bertz CT molecular complexity index is 674. The molecule has 0 aromatic carbocycles. The summed E-state index contributed by atoms with van der Waals surface area (Å²) in [7, 11) is 0. The molecule has 0 saturated heterocycles. The molecule has 0 aliphatic rings. The third-order valence-corrected chi connectivity index (χ3v) is 3.70. The van der Waals surface area contributed by atoms with Crippen molar-refractivity contribution in [2.24, 2.45) is 5.73 Å². The van der Waals surface area contributed by atoms with Crippen molar-refractivity contribution in [3.8, 4) is 11.4 Å². The van der Waals surface area contributed by atoms with E-state index in [1.165, 1.54) is 0 Å². The minimum Gasteiger partial charge on any atom is -0.337 e. The van der Waals surface area contributed by atoms with Gasteiger partial charge in [0.15, 0.2) is 0 Å². The van der Waals surface area contributed by atoms with Gasteiger partial charge in [-0.15, -0.1) is 5.10 Å². The van der Waals surface area contributed by atoms with Gasteiger partial charge in [-0.3, -0.25) is 0 Å². The Morgan fingerprint density at radius 3 is 3.10 bits per heavy atom. The molecule has 0 aliphatic heterocycles. The molecule has 2 N–H and O–H groups in total. The summed E-state index contributed by atoms with van der Waals surface area (Å²) in [6.07, 6.45) is 4.82. The Balaban J connectivity index is 1.61. The molecule has 0 bridgehead atoms. The van der Waals surface area contributed by atoms with Crippen molar-refractivity contribution >= 4 is 11.3 Å². The largest absolute Gasteiger partial charge is 0.337 e. The summed E-state index contributed by atoms with van der Waals surface area (Å²) in [5.74, 6) is 1.13. The molecule has 8 heteroatoms. The maximum atomic E-state index is 5.47. The van der Waals surface area contributed by atoms with Crippen LogP contribution in [0.4, 0.5) is 0 Å². The quantitative estimate of drug-likeness (QED) is 0.668. The van der Waals surface area contributed by atoms with E-state index in [-0.39, 0.29) is 0 Å². The number of nitrogens with zero attached hydrogens (tertiary/aromatic N) is 5. The highest BCUT2D eigenvalue weighted by Gasteiger charge is 2.10. The standard InChI is InChI=1S/C13H16N6OS/c14-5-2-1-3-11-7-19(18-16-11)8-12-15-13(17-20-12)10-4-6-21-9-10/h4,6-7,9H,1-3,5,8,14H2. The topological polar surface area (TPSA) is 95.7 Å². The summed E-state index contributed by atoms with van der Waals surface area (Å²) in [6.45, 7) is 1.14. The van der Waals surface area contributed by atoms with E-state index >= 15 is 0 Å². The molecule has 0 spiro atoms. The minimum absolute atomic E-state index is 0.432. The van der Waals surface area contributed by atoms with E-state index in [0.29, 0.717) is 24.8 Å². The fourth-order valence-electron chi connectivity index (χ4n) is 1.95. The number of unbranched alkanes of at least 4 members (excludes halogenated alkanes) is 1. The van der Waals surface area contributed by atoms with Crippen LogP contribution in [-0.4, -0.2) is 31.7 Å². The molecule has 0 fully saturated rings. The highest BCUT2D eigenvalue weighted by atomic mass is 32.1. The van der Waals surface area contributed by atoms with Crippen LogP contribution in [0.25, 0.3) is 11.4 Å². The van der Waals surface area contributed by atoms with Gasteiger partial charge in [-0.2, -0.15) is 16.3 Å². The highest BCUT2D eigenvalue weighted by Crippen LogP contribution is 2.18. The van der Waals surface area contributed by atoms with Gasteiger partial charge in [0.2, 0.25) is 11.7 Å². The third-order valence-electron chi connectivity index (χ3n) is 3.02. The van der Waals surface area contributed by atoms with Gasteiger partial charge in [-0.1, -0.05) is 10.4 Å². The van der Waals surface area contributed by atoms with Crippen LogP contribution in [0.3, 0.4) is 0 Å². The summed E-state index contributed by atoms with van der Waals surface area (Å²) in [6, 6.07) is 1.96. The predicted molar refractivity (Wildman–Crippen MR) is 78.7 cm³/mol. The van der Waals surface area contributed by atoms with Crippen LogP contribution in [0.15, 0.2) is 27.5 Å². The van der Waals surface area contributed by atoms with Crippen LogP contribution >= 0.6 is 11.3 Å². The van der Waals surface area contributed by atoms with Crippen molar-refractivity contribution in [3.05, 3.63) is 34.6 Å². The molecular formula is C13H16N6OS. The summed E-state index contributed by atoms with van der Waals surface area (Å²) >= 11 is 1.60. The Morgan fingerprint density at radius 2 is 2.29 bits per heavy atom. The highest BCUT2D eigenvalue weighted by molar-refractivity contribution is 7.08. The molecule has 0 atom stereocenters.